The second-order valence-electron chi connectivity index (χ2n) is 18.0. The predicted octanol–water partition coefficient (Wildman–Crippen LogP) is 19.7. The number of thiophene rings is 2. The topological polar surface area (TPSA) is 38.0 Å². The lowest BCUT2D eigenvalue weighted by atomic mass is 9.86. The molecule has 342 valence electrons. The summed E-state index contributed by atoms with van der Waals surface area (Å²) in [6.45, 7) is 9.55. The highest BCUT2D eigenvalue weighted by Crippen LogP contribution is 2.55. The monoisotopic (exact) mass is 986 g/mol. The van der Waals surface area contributed by atoms with E-state index in [-0.39, 0.29) is 96.7 Å². The Balaban J connectivity index is 1.32. The molecule has 0 fully saturated rings. The number of hydrogen-bond acceptors (Lipinski definition) is 3. The van der Waals surface area contributed by atoms with Gasteiger partial charge in [0.15, 0.2) is 0 Å². The molecule has 15 rings (SSSR count). The molecule has 4 nitrogen and oxygen atoms in total. The lowest BCUT2D eigenvalue weighted by Gasteiger charge is -2.26. The summed E-state index contributed by atoms with van der Waals surface area (Å²) >= 11 is 1.95. The predicted molar refractivity (Wildman–Crippen MR) is 314 cm³/mol. The normalized spacial score (nSPS) is 14.0. The molecule has 15 aromatic rings. The summed E-state index contributed by atoms with van der Waals surface area (Å²) in [4.78, 5) is 4.51. The van der Waals surface area contributed by atoms with E-state index in [4.69, 9.17) is 5.48 Å². The first kappa shape index (κ1) is 31.7. The minimum Gasteiger partial charge on any atom is -0.318 e. The molecule has 0 aliphatic heterocycles. The number of rotatable bonds is 6. The number of nitriles is 1. The van der Waals surface area contributed by atoms with Crippen LogP contribution in [0.25, 0.3) is 145 Å². The smallest absolute Gasteiger partial charge is 0.220 e. The molecule has 0 atom stereocenters. The molecular weight excluding hydrogens is 937 g/mol. The third-order valence-electron chi connectivity index (χ3n) is 14.1. The van der Waals surface area contributed by atoms with Gasteiger partial charge >= 0.3 is 0 Å². The van der Waals surface area contributed by atoms with Crippen molar-refractivity contribution in [1.29, 1.82) is 5.26 Å². The summed E-state index contributed by atoms with van der Waals surface area (Å²) in [5.41, 5.74) is 6.98. The number of hydrogen-bond donors (Lipinski definition) is 0. The Bertz CT molecular complexity index is 5370. The first-order chi connectivity index (χ1) is 41.7. The summed E-state index contributed by atoms with van der Waals surface area (Å²) in [6.07, 6.45) is 0. The molecule has 0 saturated heterocycles. The molecule has 0 unspecified atom stereocenters. The van der Waals surface area contributed by atoms with Crippen molar-refractivity contribution in [2.24, 2.45) is 0 Å². The van der Waals surface area contributed by atoms with E-state index < -0.39 is 60.4 Å². The summed E-state index contributed by atoms with van der Waals surface area (Å²) in [7, 11) is 0. The van der Waals surface area contributed by atoms with Gasteiger partial charge in [0.25, 0.3) is 0 Å². The third kappa shape index (κ3) is 6.11. The number of aromatic nitrogens is 2. The van der Waals surface area contributed by atoms with Gasteiger partial charge in [-0.15, -0.1) is 22.7 Å². The zero-order valence-corrected chi connectivity index (χ0v) is 40.2. The molecule has 0 aliphatic carbocycles. The Morgan fingerprint density at radius 3 is 1.36 bits per heavy atom. The van der Waals surface area contributed by atoms with Crippen LogP contribution in [0.3, 0.4) is 0 Å². The van der Waals surface area contributed by atoms with E-state index >= 15 is 0 Å². The Morgan fingerprint density at radius 1 is 0.419 bits per heavy atom. The molecule has 0 amide bonds. The second kappa shape index (κ2) is 16.5. The van der Waals surface area contributed by atoms with Gasteiger partial charge in [-0.05, 0) is 75.8 Å². The van der Waals surface area contributed by atoms with Gasteiger partial charge in [0.2, 0.25) is 5.69 Å². The van der Waals surface area contributed by atoms with Crippen LogP contribution in [0.2, 0.25) is 0 Å². The summed E-state index contributed by atoms with van der Waals surface area (Å²) in [6, 6.07) is 47.7. The van der Waals surface area contributed by atoms with Crippen molar-refractivity contribution in [2.75, 3.05) is 0 Å². The molecule has 4 aromatic heterocycles. The third-order valence-corrected chi connectivity index (χ3v) is 16.3. The standard InChI is InChI=1S/C68H38N4S2/c1-70-62-60(43-23-9-4-10-24-43)55(40-69)63(72-64-51(33-35-53-49-27-13-17-31-58(49)73-67(53)64)52-34-36-54-50-28-14-18-32-59(50)74-68(54)65(52)72)61(66(62)71-56-29-15-11-25-47(56)48-26-12-16-30-57(48)71)46-38-44(41-19-5-2-6-20-41)37-45(39-46)42-21-7-3-8-22-42/h2-39H/i13D,14D,17D,18D,27D,28D,31D,32D,33D,34D,35D,36D. The van der Waals surface area contributed by atoms with E-state index in [1.807, 2.05) is 156 Å². The van der Waals surface area contributed by atoms with Crippen molar-refractivity contribution in [2.45, 2.75) is 0 Å². The highest BCUT2D eigenvalue weighted by atomic mass is 32.1. The van der Waals surface area contributed by atoms with Gasteiger partial charge in [-0.2, -0.15) is 5.26 Å². The van der Waals surface area contributed by atoms with Crippen LogP contribution in [0.5, 0.6) is 0 Å². The van der Waals surface area contributed by atoms with Gasteiger partial charge in [-0.25, -0.2) is 4.85 Å². The Labute approximate surface area is 450 Å². The van der Waals surface area contributed by atoms with E-state index in [1.165, 1.54) is 0 Å². The van der Waals surface area contributed by atoms with Gasteiger partial charge in [0, 0.05) is 63.6 Å². The number of nitrogens with zero attached hydrogens (tertiary/aromatic N) is 4. The van der Waals surface area contributed by atoms with Crippen LogP contribution in [0.4, 0.5) is 5.69 Å². The second-order valence-corrected chi connectivity index (χ2v) is 20.0. The van der Waals surface area contributed by atoms with E-state index in [2.05, 4.69) is 17.0 Å². The lowest BCUT2D eigenvalue weighted by Crippen LogP contribution is -2.09. The van der Waals surface area contributed by atoms with Crippen molar-refractivity contribution in [1.82, 2.24) is 9.13 Å². The molecular formula is C68H38N4S2. The highest BCUT2D eigenvalue weighted by Gasteiger charge is 2.33. The summed E-state index contributed by atoms with van der Waals surface area (Å²) in [5.74, 6) is 0. The van der Waals surface area contributed by atoms with E-state index in [0.29, 0.717) is 33.4 Å². The van der Waals surface area contributed by atoms with E-state index in [9.17, 15) is 22.8 Å². The molecule has 0 aliphatic rings. The van der Waals surface area contributed by atoms with Crippen LogP contribution >= 0.6 is 22.7 Å². The maximum absolute atomic E-state index is 12.6. The van der Waals surface area contributed by atoms with Crippen LogP contribution in [0.1, 0.15) is 22.0 Å². The summed E-state index contributed by atoms with van der Waals surface area (Å²) in [5, 5.41) is 14.3. The van der Waals surface area contributed by atoms with Gasteiger partial charge in [0.1, 0.15) is 6.07 Å². The zero-order valence-electron chi connectivity index (χ0n) is 50.6. The zero-order chi connectivity index (χ0) is 59.5. The molecule has 0 radical (unpaired) electrons. The van der Waals surface area contributed by atoms with Crippen molar-refractivity contribution < 1.29 is 16.4 Å². The van der Waals surface area contributed by atoms with Crippen LogP contribution < -0.4 is 0 Å². The average molecular weight is 987 g/mol. The van der Waals surface area contributed by atoms with Crippen molar-refractivity contribution in [3.8, 4) is 62.0 Å². The van der Waals surface area contributed by atoms with Crippen molar-refractivity contribution in [3.05, 3.63) is 247 Å². The fraction of sp³-hybridized carbons (Fsp3) is 0. The quantitative estimate of drug-likeness (QED) is 0.153. The molecule has 0 N–H and O–H groups in total. The highest BCUT2D eigenvalue weighted by molar-refractivity contribution is 7.27. The van der Waals surface area contributed by atoms with Gasteiger partial charge in [0.05, 0.1) is 71.4 Å². The van der Waals surface area contributed by atoms with Crippen LogP contribution in [-0.2, 0) is 0 Å². The van der Waals surface area contributed by atoms with Crippen LogP contribution in [0.15, 0.2) is 230 Å². The maximum atomic E-state index is 12.6. The van der Waals surface area contributed by atoms with Crippen LogP contribution in [-0.4, -0.2) is 9.13 Å². The van der Waals surface area contributed by atoms with Crippen molar-refractivity contribution in [3.63, 3.8) is 0 Å². The molecule has 74 heavy (non-hydrogen) atoms. The Hall–Kier alpha value is -9.56. The first-order valence-corrected chi connectivity index (χ1v) is 25.3. The van der Waals surface area contributed by atoms with Crippen LogP contribution in [0, 0.1) is 17.9 Å². The van der Waals surface area contributed by atoms with E-state index in [1.54, 1.807) is 4.57 Å². The number of para-hydroxylation sites is 2. The van der Waals surface area contributed by atoms with Crippen molar-refractivity contribution >= 4 is 112 Å². The Morgan fingerprint density at radius 2 is 0.865 bits per heavy atom. The minimum absolute atomic E-state index is 0.000710. The molecule has 11 aromatic carbocycles. The number of benzene rings is 11. The Kier molecular flexibility index (Phi) is 7.07. The molecule has 4 heterocycles. The van der Waals surface area contributed by atoms with Gasteiger partial charge in [-0.3, -0.25) is 0 Å². The molecule has 0 spiro atoms. The molecule has 6 heteroatoms. The fourth-order valence-corrected chi connectivity index (χ4v) is 13.2. The largest absolute Gasteiger partial charge is 0.318 e. The average Bonchev–Trinajstić information content (AvgIpc) is 1.51. The van der Waals surface area contributed by atoms with Gasteiger partial charge in [-0.1, -0.05) is 188 Å². The fourth-order valence-electron chi connectivity index (χ4n) is 11.0. The molecule has 0 saturated carbocycles. The first-order valence-electron chi connectivity index (χ1n) is 29.7. The number of fused-ring (bicyclic) bond motifs is 14. The van der Waals surface area contributed by atoms with E-state index in [0.717, 1.165) is 55.7 Å². The minimum atomic E-state index is -0.549. The SMILES string of the molecule is [2H]c1c([2H])c([2H])c2c(sc3c2c([2H])c([2H])c2c4c([2H])c([2H])c5c(sc6c([2H])c([2H])c([2H])c([2H])c65)c4n(-c4c(C#N)c(-c5ccccc5)c([N+]#[C-])c(-n5c6ccccc6c6ccccc65)c4-c4cc(-c5ccccc5)cc(-c5ccccc5)c4)c32)c1[2H]. The molecule has 0 bridgehead atoms. The summed E-state index contributed by atoms with van der Waals surface area (Å²) < 4.78 is 118. The van der Waals surface area contributed by atoms with Gasteiger partial charge < -0.3 is 9.13 Å². The lowest BCUT2D eigenvalue weighted by molar-refractivity contribution is 1.14. The maximum Gasteiger partial charge on any atom is 0.220 e.